The van der Waals surface area contributed by atoms with Crippen LogP contribution in [0.2, 0.25) is 0 Å². The van der Waals surface area contributed by atoms with E-state index in [1.54, 1.807) is 0 Å². The quantitative estimate of drug-likeness (QED) is 0.822. The average molecular weight is 238 g/mol. The van der Waals surface area contributed by atoms with Crippen LogP contribution in [0.15, 0.2) is 18.2 Å². The molecule has 3 nitrogen and oxygen atoms in total. The van der Waals surface area contributed by atoms with E-state index in [1.165, 1.54) is 25.1 Å². The summed E-state index contributed by atoms with van der Waals surface area (Å²) in [4.78, 5) is 11.4. The van der Waals surface area contributed by atoms with Crippen molar-refractivity contribution >= 4 is 5.78 Å². The second-order valence-corrected chi connectivity index (χ2v) is 4.35. The Morgan fingerprint density at radius 1 is 1.47 bits per heavy atom. The van der Waals surface area contributed by atoms with Gasteiger partial charge in [-0.15, -0.1) is 0 Å². The average Bonchev–Trinajstić information content (AvgIpc) is 2.64. The maximum absolute atomic E-state index is 13.1. The van der Waals surface area contributed by atoms with Crippen LogP contribution in [0, 0.1) is 5.82 Å². The lowest BCUT2D eigenvalue weighted by Crippen LogP contribution is -2.26. The summed E-state index contributed by atoms with van der Waals surface area (Å²) >= 11 is 0. The summed E-state index contributed by atoms with van der Waals surface area (Å²) in [7, 11) is 0. The van der Waals surface area contributed by atoms with Crippen LogP contribution in [-0.4, -0.2) is 23.1 Å². The number of carbonyl (C=O) groups excluding carboxylic acids is 1. The van der Waals surface area contributed by atoms with Crippen LogP contribution >= 0.6 is 0 Å². The molecule has 0 spiro atoms. The summed E-state index contributed by atoms with van der Waals surface area (Å²) < 4.78 is 18.7. The fraction of sp³-hybridized carbons (Fsp3) is 0.462. The Morgan fingerprint density at radius 2 is 2.24 bits per heavy atom. The number of hydrogen-bond acceptors (Lipinski definition) is 3. The van der Waals surface area contributed by atoms with Crippen molar-refractivity contribution in [3.8, 4) is 5.75 Å². The fourth-order valence-electron chi connectivity index (χ4n) is 2.09. The number of aliphatic hydroxyl groups is 1. The van der Waals surface area contributed by atoms with E-state index in [2.05, 4.69) is 0 Å². The second kappa shape index (κ2) is 4.84. The van der Waals surface area contributed by atoms with E-state index in [0.29, 0.717) is 12.0 Å². The van der Waals surface area contributed by atoms with Gasteiger partial charge in [0.05, 0.1) is 11.7 Å². The van der Waals surface area contributed by atoms with Gasteiger partial charge in [0, 0.05) is 6.07 Å². The van der Waals surface area contributed by atoms with Gasteiger partial charge in [-0.3, -0.25) is 4.79 Å². The third-order valence-electron chi connectivity index (χ3n) is 3.02. The number of aliphatic hydroxyl groups excluding tert-OH is 1. The van der Waals surface area contributed by atoms with Gasteiger partial charge in [0.15, 0.2) is 5.78 Å². The third kappa shape index (κ3) is 2.64. The van der Waals surface area contributed by atoms with Gasteiger partial charge in [0.1, 0.15) is 17.7 Å². The molecule has 1 aliphatic rings. The predicted molar refractivity (Wildman–Crippen MR) is 60.7 cm³/mol. The van der Waals surface area contributed by atoms with Crippen molar-refractivity contribution in [1.82, 2.24) is 0 Å². The minimum absolute atomic E-state index is 0.174. The van der Waals surface area contributed by atoms with Crippen LogP contribution in [-0.2, 0) is 0 Å². The van der Waals surface area contributed by atoms with Gasteiger partial charge in [-0.05, 0) is 38.3 Å². The van der Waals surface area contributed by atoms with Crippen molar-refractivity contribution in [3.05, 3.63) is 29.6 Å². The Labute approximate surface area is 99.2 Å². The Hall–Kier alpha value is -1.42. The van der Waals surface area contributed by atoms with Crippen LogP contribution < -0.4 is 4.74 Å². The van der Waals surface area contributed by atoms with E-state index in [1.807, 2.05) is 0 Å². The van der Waals surface area contributed by atoms with Gasteiger partial charge in [-0.25, -0.2) is 4.39 Å². The van der Waals surface area contributed by atoms with Crippen molar-refractivity contribution in [2.75, 3.05) is 0 Å². The lowest BCUT2D eigenvalue weighted by Gasteiger charge is -2.18. The molecular formula is C13H15FO3. The maximum atomic E-state index is 13.1. The number of hydrogen-bond donors (Lipinski definition) is 1. The molecule has 2 unspecified atom stereocenters. The summed E-state index contributed by atoms with van der Waals surface area (Å²) in [6, 6.07) is 3.84. The SMILES string of the molecule is CC(=O)c1ccc(F)cc1OC1CCCC1O. The zero-order chi connectivity index (χ0) is 12.4. The Morgan fingerprint density at radius 3 is 2.82 bits per heavy atom. The summed E-state index contributed by atoms with van der Waals surface area (Å²) in [5.41, 5.74) is 0.352. The van der Waals surface area contributed by atoms with E-state index in [0.717, 1.165) is 12.8 Å². The van der Waals surface area contributed by atoms with Crippen molar-refractivity contribution in [1.29, 1.82) is 0 Å². The van der Waals surface area contributed by atoms with Crippen LogP contribution in [0.5, 0.6) is 5.75 Å². The predicted octanol–water partition coefficient (Wildman–Crippen LogP) is 2.32. The number of carbonyl (C=O) groups is 1. The normalized spacial score (nSPS) is 23.7. The number of Topliss-reactive ketones (excluding diaryl/α,β-unsaturated/α-hetero) is 1. The molecule has 0 radical (unpaired) electrons. The van der Waals surface area contributed by atoms with Gasteiger partial charge < -0.3 is 9.84 Å². The number of halogens is 1. The molecule has 0 aliphatic heterocycles. The molecule has 17 heavy (non-hydrogen) atoms. The molecule has 1 saturated carbocycles. The van der Waals surface area contributed by atoms with Crippen LogP contribution in [0.4, 0.5) is 4.39 Å². The molecule has 1 aliphatic carbocycles. The summed E-state index contributed by atoms with van der Waals surface area (Å²) in [5, 5.41) is 9.65. The minimum Gasteiger partial charge on any atom is -0.487 e. The molecule has 0 heterocycles. The number of benzene rings is 1. The molecule has 0 bridgehead atoms. The highest BCUT2D eigenvalue weighted by Gasteiger charge is 2.28. The third-order valence-corrected chi connectivity index (χ3v) is 3.02. The van der Waals surface area contributed by atoms with Crippen molar-refractivity contribution in [2.24, 2.45) is 0 Å². The second-order valence-electron chi connectivity index (χ2n) is 4.35. The first-order valence-corrected chi connectivity index (χ1v) is 5.73. The van der Waals surface area contributed by atoms with E-state index < -0.39 is 11.9 Å². The highest BCUT2D eigenvalue weighted by atomic mass is 19.1. The van der Waals surface area contributed by atoms with E-state index in [9.17, 15) is 14.3 Å². The zero-order valence-electron chi connectivity index (χ0n) is 9.65. The van der Waals surface area contributed by atoms with Crippen molar-refractivity contribution in [2.45, 2.75) is 38.4 Å². The largest absolute Gasteiger partial charge is 0.487 e. The molecule has 1 aromatic carbocycles. The molecule has 4 heteroatoms. The molecule has 0 amide bonds. The lowest BCUT2D eigenvalue weighted by molar-refractivity contribution is 0.0591. The molecule has 1 aromatic rings. The number of ether oxygens (including phenoxy) is 1. The first-order valence-electron chi connectivity index (χ1n) is 5.73. The van der Waals surface area contributed by atoms with Crippen molar-refractivity contribution in [3.63, 3.8) is 0 Å². The molecule has 2 atom stereocenters. The molecule has 2 rings (SSSR count). The highest BCUT2D eigenvalue weighted by Crippen LogP contribution is 2.28. The Kier molecular flexibility index (Phi) is 3.43. The molecular weight excluding hydrogens is 223 g/mol. The summed E-state index contributed by atoms with van der Waals surface area (Å²) in [6.45, 7) is 1.41. The summed E-state index contributed by atoms with van der Waals surface area (Å²) in [5.74, 6) is -0.395. The van der Waals surface area contributed by atoms with E-state index in [4.69, 9.17) is 4.74 Å². The van der Waals surface area contributed by atoms with Crippen molar-refractivity contribution < 1.29 is 19.0 Å². The zero-order valence-corrected chi connectivity index (χ0v) is 9.65. The lowest BCUT2D eigenvalue weighted by atomic mass is 10.1. The number of ketones is 1. The van der Waals surface area contributed by atoms with Crippen LogP contribution in [0.25, 0.3) is 0 Å². The smallest absolute Gasteiger partial charge is 0.163 e. The van der Waals surface area contributed by atoms with Gasteiger partial charge in [-0.1, -0.05) is 0 Å². The number of rotatable bonds is 3. The first-order chi connectivity index (χ1) is 8.08. The Bertz CT molecular complexity index is 431. The maximum Gasteiger partial charge on any atom is 0.163 e. The monoisotopic (exact) mass is 238 g/mol. The molecule has 1 fully saturated rings. The Balaban J connectivity index is 2.24. The molecule has 0 aromatic heterocycles. The van der Waals surface area contributed by atoms with Gasteiger partial charge in [-0.2, -0.15) is 0 Å². The van der Waals surface area contributed by atoms with Crippen LogP contribution in [0.1, 0.15) is 36.5 Å². The van der Waals surface area contributed by atoms with Gasteiger partial charge in [0.2, 0.25) is 0 Å². The van der Waals surface area contributed by atoms with Crippen LogP contribution in [0.3, 0.4) is 0 Å². The minimum atomic E-state index is -0.530. The standard InChI is InChI=1S/C13H15FO3/c1-8(15)10-6-5-9(14)7-13(10)17-12-4-2-3-11(12)16/h5-7,11-12,16H,2-4H2,1H3. The fourth-order valence-corrected chi connectivity index (χ4v) is 2.09. The highest BCUT2D eigenvalue weighted by molar-refractivity contribution is 5.96. The van der Waals surface area contributed by atoms with Gasteiger partial charge >= 0.3 is 0 Å². The van der Waals surface area contributed by atoms with Gasteiger partial charge in [0.25, 0.3) is 0 Å². The molecule has 1 N–H and O–H groups in total. The summed E-state index contributed by atoms with van der Waals surface area (Å²) in [6.07, 6.45) is 1.44. The van der Waals surface area contributed by atoms with E-state index >= 15 is 0 Å². The van der Waals surface area contributed by atoms with E-state index in [-0.39, 0.29) is 17.6 Å². The first kappa shape index (κ1) is 12.0. The topological polar surface area (TPSA) is 46.5 Å². The molecule has 0 saturated heterocycles. The molecule has 92 valence electrons.